The summed E-state index contributed by atoms with van der Waals surface area (Å²) < 4.78 is 32.9. The lowest BCUT2D eigenvalue weighted by Gasteiger charge is -2.19. The Morgan fingerprint density at radius 2 is 0.688 bits per heavy atom. The Labute approximate surface area is 470 Å². The van der Waals surface area contributed by atoms with Crippen molar-refractivity contribution in [1.29, 1.82) is 0 Å². The van der Waals surface area contributed by atoms with Crippen LogP contribution in [0.5, 0.6) is 0 Å². The maximum absolute atomic E-state index is 12.7. The lowest BCUT2D eigenvalue weighted by molar-refractivity contribution is -0.161. The monoisotopic (exact) mass is 1090 g/mol. The fourth-order valence-electron chi connectivity index (χ4n) is 7.57. The first-order valence-electron chi connectivity index (χ1n) is 30.0. The van der Waals surface area contributed by atoms with Gasteiger partial charge in [0.25, 0.3) is 0 Å². The fraction of sp³-hybridized carbons (Fsp3) is 0.582. The normalized spacial score (nSPS) is 14.2. The van der Waals surface area contributed by atoms with E-state index in [1.54, 1.807) is 0 Å². The van der Waals surface area contributed by atoms with Gasteiger partial charge < -0.3 is 20.1 Å². The molecular weight excluding hydrogens is 978 g/mol. The topological polar surface area (TPSA) is 134 Å². The van der Waals surface area contributed by atoms with Gasteiger partial charge in [-0.05, 0) is 116 Å². The van der Waals surface area contributed by atoms with Crippen LogP contribution in [0.15, 0.2) is 158 Å². The molecule has 0 rings (SSSR count). The summed E-state index contributed by atoms with van der Waals surface area (Å²) in [5, 5.41) is 0. The molecule has 0 radical (unpaired) electrons. The lowest BCUT2D eigenvalue weighted by atomic mass is 10.0. The molecule has 0 aromatic rings. The number of ether oxygens (including phenoxy) is 2. The Hall–Kier alpha value is -4.37. The number of nitrogens with two attached hydrogens (primary N) is 1. The second-order valence-electron chi connectivity index (χ2n) is 19.1. The highest BCUT2D eigenvalue weighted by Gasteiger charge is 2.26. The van der Waals surface area contributed by atoms with Crippen molar-refractivity contribution in [2.45, 2.75) is 225 Å². The molecule has 77 heavy (non-hydrogen) atoms. The van der Waals surface area contributed by atoms with Gasteiger partial charge in [0.1, 0.15) is 6.61 Å². The van der Waals surface area contributed by atoms with Gasteiger partial charge in [-0.25, -0.2) is 4.57 Å². The van der Waals surface area contributed by atoms with Gasteiger partial charge in [-0.15, -0.1) is 0 Å². The highest BCUT2D eigenvalue weighted by molar-refractivity contribution is 7.47. The molecule has 2 unspecified atom stereocenters. The molecule has 0 aromatic carbocycles. The van der Waals surface area contributed by atoms with Crippen molar-refractivity contribution in [3.8, 4) is 0 Å². The number of allylic oxidation sites excluding steroid dienone is 26. The smallest absolute Gasteiger partial charge is 0.462 e. The molecule has 0 aromatic heterocycles. The molecule has 2 atom stereocenters. The predicted octanol–water partition coefficient (Wildman–Crippen LogP) is 19.3. The Balaban J connectivity index is 3.97. The van der Waals surface area contributed by atoms with Crippen molar-refractivity contribution >= 4 is 19.8 Å². The van der Waals surface area contributed by atoms with E-state index < -0.39 is 32.5 Å². The summed E-state index contributed by atoms with van der Waals surface area (Å²) in [5.74, 6) is -0.906. The number of carbonyl (C=O) groups excluding carboxylic acids is 2. The van der Waals surface area contributed by atoms with Gasteiger partial charge in [0, 0.05) is 19.4 Å². The molecule has 0 aliphatic heterocycles. The molecule has 0 heterocycles. The third-order valence-electron chi connectivity index (χ3n) is 11.9. The fourth-order valence-corrected chi connectivity index (χ4v) is 8.33. The maximum Gasteiger partial charge on any atom is 0.472 e. The average molecular weight is 1090 g/mol. The van der Waals surface area contributed by atoms with Crippen LogP contribution in [0, 0.1) is 0 Å². The predicted molar refractivity (Wildman–Crippen MR) is 330 cm³/mol. The van der Waals surface area contributed by atoms with Crippen molar-refractivity contribution in [1.82, 2.24) is 0 Å². The Kier molecular flexibility index (Phi) is 57.4. The van der Waals surface area contributed by atoms with Gasteiger partial charge >= 0.3 is 19.8 Å². The molecule has 0 saturated carbocycles. The molecule has 0 amide bonds. The molecule has 434 valence electrons. The van der Waals surface area contributed by atoms with Crippen LogP contribution in [0.4, 0.5) is 0 Å². The molecule has 0 fully saturated rings. The number of phosphoric acid groups is 1. The van der Waals surface area contributed by atoms with Crippen molar-refractivity contribution in [2.75, 3.05) is 26.4 Å². The number of carbonyl (C=O) groups is 2. The second kappa shape index (κ2) is 60.9. The molecule has 10 heteroatoms. The Bertz CT molecular complexity index is 1810. The summed E-state index contributed by atoms with van der Waals surface area (Å²) >= 11 is 0. The van der Waals surface area contributed by atoms with E-state index in [0.29, 0.717) is 12.8 Å². The quantitative estimate of drug-likeness (QED) is 0.0264. The van der Waals surface area contributed by atoms with Crippen LogP contribution >= 0.6 is 7.82 Å². The second-order valence-corrected chi connectivity index (χ2v) is 20.6. The van der Waals surface area contributed by atoms with Gasteiger partial charge in [0.2, 0.25) is 0 Å². The number of unbranched alkanes of at least 4 members (excludes halogenated alkanes) is 15. The zero-order valence-corrected chi connectivity index (χ0v) is 49.3. The van der Waals surface area contributed by atoms with Crippen LogP contribution < -0.4 is 5.73 Å². The summed E-state index contributed by atoms with van der Waals surface area (Å²) in [6.07, 6.45) is 88.9. The number of hydrogen-bond donors (Lipinski definition) is 2. The van der Waals surface area contributed by atoms with E-state index in [1.165, 1.54) is 70.6 Å². The molecule has 0 saturated heterocycles. The molecular formula is C67H108NO8P. The maximum atomic E-state index is 12.7. The zero-order valence-electron chi connectivity index (χ0n) is 48.4. The number of hydrogen-bond acceptors (Lipinski definition) is 8. The minimum absolute atomic E-state index is 0.0385. The summed E-state index contributed by atoms with van der Waals surface area (Å²) in [5.41, 5.74) is 5.37. The van der Waals surface area contributed by atoms with E-state index in [9.17, 15) is 19.0 Å². The Morgan fingerprint density at radius 3 is 1.04 bits per heavy atom. The van der Waals surface area contributed by atoms with Crippen LogP contribution in [0.1, 0.15) is 219 Å². The van der Waals surface area contributed by atoms with Crippen molar-refractivity contribution in [3.63, 3.8) is 0 Å². The van der Waals surface area contributed by atoms with E-state index in [0.717, 1.165) is 109 Å². The van der Waals surface area contributed by atoms with Crippen LogP contribution in [0.2, 0.25) is 0 Å². The van der Waals surface area contributed by atoms with Gasteiger partial charge in [0.15, 0.2) is 6.10 Å². The molecule has 3 N–H and O–H groups in total. The first-order chi connectivity index (χ1) is 37.8. The number of rotatable bonds is 54. The van der Waals surface area contributed by atoms with Crippen molar-refractivity contribution in [3.05, 3.63) is 158 Å². The Morgan fingerprint density at radius 1 is 0.390 bits per heavy atom. The lowest BCUT2D eigenvalue weighted by Crippen LogP contribution is -2.29. The minimum atomic E-state index is -4.41. The number of esters is 2. The van der Waals surface area contributed by atoms with Gasteiger partial charge in [-0.3, -0.25) is 18.6 Å². The standard InChI is InChI=1S/C67H108NO8P/c1-3-5-7-9-11-13-15-17-19-21-22-23-24-25-26-27-28-29-30-31-32-33-34-35-36-37-38-39-40-41-42-44-46-48-50-52-54-56-58-60-67(70)76-65(64-75-77(71,72)74-62-61-68)63-73-66(69)59-57-55-53-51-49-47-45-43-20-18-16-14-12-10-8-6-4-2/h5-8,11-14,17-20,22-23,25-26,28-29,31-32,34-35,45,47,51,53,65H,3-4,9-10,15-16,21,24,27,30,33,36-44,46,48-50,52,54-64,68H2,1-2H3,(H,71,72)/b7-5-,8-6-,13-11-,14-12-,19-17-,20-18-,23-22-,26-25-,29-28-,32-31-,35-34-,47-45-,53-51-. The summed E-state index contributed by atoms with van der Waals surface area (Å²) in [4.78, 5) is 35.1. The van der Waals surface area contributed by atoms with Gasteiger partial charge in [-0.2, -0.15) is 0 Å². The average Bonchev–Trinajstić information content (AvgIpc) is 3.42. The van der Waals surface area contributed by atoms with Crippen LogP contribution in [-0.4, -0.2) is 49.3 Å². The van der Waals surface area contributed by atoms with E-state index in [-0.39, 0.29) is 32.6 Å². The molecule has 0 spiro atoms. The van der Waals surface area contributed by atoms with Crippen LogP contribution in [-0.2, 0) is 32.7 Å². The zero-order chi connectivity index (χ0) is 55.9. The SMILES string of the molecule is CC/C=C\C/C=C\C/C=C\C/C=C\C/C=C\C/C=C\C/C=C\C/C=C\CCCCCCCCCCCCCCCCC(=O)OC(COC(=O)CCC/C=C\C/C=C\C/C=C\C/C=C\C/C=C\CC)COP(=O)(O)OCCN. The first kappa shape index (κ1) is 72.6. The molecule has 0 aliphatic rings. The summed E-state index contributed by atoms with van der Waals surface area (Å²) in [7, 11) is -4.41. The molecule has 0 aliphatic carbocycles. The summed E-state index contributed by atoms with van der Waals surface area (Å²) in [6, 6.07) is 0. The van der Waals surface area contributed by atoms with E-state index in [2.05, 4.69) is 166 Å². The minimum Gasteiger partial charge on any atom is -0.462 e. The third kappa shape index (κ3) is 60.7. The van der Waals surface area contributed by atoms with E-state index >= 15 is 0 Å². The summed E-state index contributed by atoms with van der Waals surface area (Å²) in [6.45, 7) is 3.43. The van der Waals surface area contributed by atoms with Gasteiger partial charge in [-0.1, -0.05) is 249 Å². The van der Waals surface area contributed by atoms with Crippen molar-refractivity contribution in [2.24, 2.45) is 5.73 Å². The molecule has 9 nitrogen and oxygen atoms in total. The molecule has 0 bridgehead atoms. The van der Waals surface area contributed by atoms with E-state index in [4.69, 9.17) is 24.3 Å². The van der Waals surface area contributed by atoms with E-state index in [1.807, 2.05) is 6.08 Å². The van der Waals surface area contributed by atoms with Crippen molar-refractivity contribution < 1.29 is 37.6 Å². The van der Waals surface area contributed by atoms with Gasteiger partial charge in [0.05, 0.1) is 13.2 Å². The highest BCUT2D eigenvalue weighted by Crippen LogP contribution is 2.43. The third-order valence-corrected chi connectivity index (χ3v) is 12.9. The number of phosphoric ester groups is 1. The highest BCUT2D eigenvalue weighted by atomic mass is 31.2. The first-order valence-corrected chi connectivity index (χ1v) is 31.5. The largest absolute Gasteiger partial charge is 0.472 e. The van der Waals surface area contributed by atoms with Crippen LogP contribution in [0.25, 0.3) is 0 Å². The van der Waals surface area contributed by atoms with Crippen LogP contribution in [0.3, 0.4) is 0 Å².